The molecule has 1 aliphatic rings. The van der Waals surface area contributed by atoms with Gasteiger partial charge in [-0.15, -0.1) is 0 Å². The molecule has 1 saturated heterocycles. The molecule has 0 aromatic heterocycles. The third kappa shape index (κ3) is 2.98. The predicted molar refractivity (Wildman–Crippen MR) is 58.6 cm³/mol. The van der Waals surface area contributed by atoms with Crippen LogP contribution in [0.1, 0.15) is 33.6 Å². The summed E-state index contributed by atoms with van der Waals surface area (Å²) in [6.07, 6.45) is 2.80. The summed E-state index contributed by atoms with van der Waals surface area (Å²) in [5, 5.41) is 0. The van der Waals surface area contributed by atoms with E-state index in [1.807, 2.05) is 0 Å². The van der Waals surface area contributed by atoms with Crippen molar-refractivity contribution in [3.05, 3.63) is 0 Å². The summed E-state index contributed by atoms with van der Waals surface area (Å²) in [4.78, 5) is 0. The summed E-state index contributed by atoms with van der Waals surface area (Å²) in [6.45, 7) is 9.85. The van der Waals surface area contributed by atoms with Crippen molar-refractivity contribution < 1.29 is 4.48 Å². The second-order valence-corrected chi connectivity index (χ2v) is 5.86. The molecule has 0 saturated carbocycles. The quantitative estimate of drug-likeness (QED) is 0.592. The minimum atomic E-state index is 0.872. The summed E-state index contributed by atoms with van der Waals surface area (Å²) in [7, 11) is 4.76. The van der Waals surface area contributed by atoms with Crippen molar-refractivity contribution in [1.82, 2.24) is 0 Å². The Kier molecular flexibility index (Phi) is 3.39. The predicted octanol–water partition coefficient (Wildman–Crippen LogP) is 2.76. The van der Waals surface area contributed by atoms with Gasteiger partial charge in [-0.2, -0.15) is 0 Å². The Labute approximate surface area is 83.7 Å². The van der Waals surface area contributed by atoms with Gasteiger partial charge in [0.05, 0.1) is 27.2 Å². The molecule has 0 amide bonds. The highest BCUT2D eigenvalue weighted by Gasteiger charge is 2.38. The molecule has 0 spiro atoms. The van der Waals surface area contributed by atoms with Crippen LogP contribution >= 0.6 is 0 Å². The number of likely N-dealkylation sites (tertiary alicyclic amines) is 1. The first-order chi connectivity index (χ1) is 5.94. The van der Waals surface area contributed by atoms with Crippen LogP contribution in [0.2, 0.25) is 0 Å². The van der Waals surface area contributed by atoms with Crippen molar-refractivity contribution in [1.29, 1.82) is 0 Å². The molecule has 1 rings (SSSR count). The van der Waals surface area contributed by atoms with E-state index in [0.717, 1.165) is 17.8 Å². The summed E-state index contributed by atoms with van der Waals surface area (Å²) in [6, 6.07) is 0. The van der Waals surface area contributed by atoms with Crippen molar-refractivity contribution >= 4 is 0 Å². The molecule has 0 bridgehead atoms. The smallest absolute Gasteiger partial charge is 0.0816 e. The monoisotopic (exact) mass is 184 g/mol. The van der Waals surface area contributed by atoms with Crippen LogP contribution in [-0.4, -0.2) is 31.7 Å². The number of hydrogen-bond donors (Lipinski definition) is 0. The van der Waals surface area contributed by atoms with Crippen LogP contribution in [0.25, 0.3) is 0 Å². The summed E-state index contributed by atoms with van der Waals surface area (Å²) in [5.41, 5.74) is 0. The maximum absolute atomic E-state index is 2.38. The molecule has 1 fully saturated rings. The van der Waals surface area contributed by atoms with Gasteiger partial charge >= 0.3 is 0 Å². The van der Waals surface area contributed by atoms with Gasteiger partial charge < -0.3 is 4.48 Å². The number of hydrogen-bond acceptors (Lipinski definition) is 0. The molecule has 0 aliphatic carbocycles. The summed E-state index contributed by atoms with van der Waals surface area (Å²) in [5.74, 6) is 2.84. The fourth-order valence-electron chi connectivity index (χ4n) is 2.98. The lowest BCUT2D eigenvalue weighted by Crippen LogP contribution is -2.37. The van der Waals surface area contributed by atoms with Gasteiger partial charge in [-0.1, -0.05) is 20.8 Å². The second-order valence-electron chi connectivity index (χ2n) is 5.86. The van der Waals surface area contributed by atoms with Gasteiger partial charge in [0.25, 0.3) is 0 Å². The molecule has 0 radical (unpaired) electrons. The molecule has 1 nitrogen and oxygen atoms in total. The molecule has 13 heavy (non-hydrogen) atoms. The Balaban J connectivity index is 2.53. The summed E-state index contributed by atoms with van der Waals surface area (Å²) >= 11 is 0. The van der Waals surface area contributed by atoms with Gasteiger partial charge in [-0.3, -0.25) is 0 Å². The number of quaternary nitrogens is 1. The zero-order chi connectivity index (χ0) is 10.1. The fraction of sp³-hybridized carbons (Fsp3) is 1.00. The van der Waals surface area contributed by atoms with Gasteiger partial charge in [0.2, 0.25) is 0 Å². The van der Waals surface area contributed by atoms with Crippen LogP contribution in [0.4, 0.5) is 0 Å². The third-order valence-electron chi connectivity index (χ3n) is 3.42. The van der Waals surface area contributed by atoms with Crippen molar-refractivity contribution in [2.24, 2.45) is 17.8 Å². The molecule has 1 aliphatic heterocycles. The van der Waals surface area contributed by atoms with Gasteiger partial charge in [-0.05, 0) is 18.8 Å². The number of nitrogens with zero attached hydrogens (tertiary/aromatic N) is 1. The summed E-state index contributed by atoms with van der Waals surface area (Å²) < 4.78 is 1.25. The Bertz CT molecular complexity index is 161. The van der Waals surface area contributed by atoms with Crippen molar-refractivity contribution in [2.75, 3.05) is 27.2 Å². The van der Waals surface area contributed by atoms with Gasteiger partial charge in [0, 0.05) is 11.8 Å². The average Bonchev–Trinajstić information content (AvgIpc) is 2.24. The molecule has 0 aromatic rings. The van der Waals surface area contributed by atoms with E-state index in [1.54, 1.807) is 0 Å². The van der Waals surface area contributed by atoms with Gasteiger partial charge in [0.1, 0.15) is 0 Å². The van der Waals surface area contributed by atoms with E-state index >= 15 is 0 Å². The van der Waals surface area contributed by atoms with E-state index in [1.165, 1.54) is 30.4 Å². The van der Waals surface area contributed by atoms with E-state index in [9.17, 15) is 0 Å². The molecule has 78 valence electrons. The lowest BCUT2D eigenvalue weighted by molar-refractivity contribution is -0.880. The van der Waals surface area contributed by atoms with Gasteiger partial charge in [-0.25, -0.2) is 0 Å². The van der Waals surface area contributed by atoms with E-state index in [2.05, 4.69) is 34.9 Å². The minimum Gasteiger partial charge on any atom is -0.328 e. The molecule has 1 heteroatoms. The molecular weight excluding hydrogens is 158 g/mol. The molecule has 0 aromatic carbocycles. The maximum Gasteiger partial charge on any atom is 0.0816 e. The topological polar surface area (TPSA) is 0 Å². The van der Waals surface area contributed by atoms with E-state index in [4.69, 9.17) is 0 Å². The van der Waals surface area contributed by atoms with Gasteiger partial charge in [0.15, 0.2) is 0 Å². The largest absolute Gasteiger partial charge is 0.328 e. The highest BCUT2D eigenvalue weighted by molar-refractivity contribution is 4.75. The second kappa shape index (κ2) is 4.00. The SMILES string of the molecule is CCC1C[N+](C)(C)CC1CC(C)C. The lowest BCUT2D eigenvalue weighted by Gasteiger charge is -2.23. The normalized spacial score (nSPS) is 32.8. The zero-order valence-corrected chi connectivity index (χ0v) is 10.0. The fourth-order valence-corrected chi connectivity index (χ4v) is 2.98. The first kappa shape index (κ1) is 11.0. The highest BCUT2D eigenvalue weighted by atomic mass is 15.3. The maximum atomic E-state index is 2.38. The average molecular weight is 184 g/mol. The zero-order valence-electron chi connectivity index (χ0n) is 10.0. The van der Waals surface area contributed by atoms with Crippen LogP contribution in [-0.2, 0) is 0 Å². The number of rotatable bonds is 3. The van der Waals surface area contributed by atoms with Crippen molar-refractivity contribution in [2.45, 2.75) is 33.6 Å². The molecule has 2 unspecified atom stereocenters. The molecule has 0 N–H and O–H groups in total. The Hall–Kier alpha value is -0.0400. The highest BCUT2D eigenvalue weighted by Crippen LogP contribution is 2.33. The van der Waals surface area contributed by atoms with E-state index in [0.29, 0.717) is 0 Å². The first-order valence-electron chi connectivity index (χ1n) is 5.76. The Morgan fingerprint density at radius 2 is 1.69 bits per heavy atom. The van der Waals surface area contributed by atoms with Crippen LogP contribution in [0.5, 0.6) is 0 Å². The van der Waals surface area contributed by atoms with Crippen molar-refractivity contribution in [3.8, 4) is 0 Å². The standard InChI is InChI=1S/C12H26N/c1-6-11-8-13(4,5)9-12(11)7-10(2)3/h10-12H,6-9H2,1-5H3/q+1. The van der Waals surface area contributed by atoms with Crippen molar-refractivity contribution in [3.63, 3.8) is 0 Å². The molecular formula is C12H26N+. The molecule has 1 heterocycles. The van der Waals surface area contributed by atoms with Crippen LogP contribution in [0.15, 0.2) is 0 Å². The molecule has 2 atom stereocenters. The first-order valence-corrected chi connectivity index (χ1v) is 5.76. The minimum absolute atomic E-state index is 0.872. The Morgan fingerprint density at radius 3 is 2.15 bits per heavy atom. The van der Waals surface area contributed by atoms with Crippen LogP contribution < -0.4 is 0 Å². The Morgan fingerprint density at radius 1 is 1.15 bits per heavy atom. The van der Waals surface area contributed by atoms with Crippen LogP contribution in [0.3, 0.4) is 0 Å². The van der Waals surface area contributed by atoms with E-state index in [-0.39, 0.29) is 0 Å². The van der Waals surface area contributed by atoms with Crippen LogP contribution in [0, 0.1) is 17.8 Å². The lowest BCUT2D eigenvalue weighted by atomic mass is 9.87. The van der Waals surface area contributed by atoms with E-state index < -0.39 is 0 Å². The third-order valence-corrected chi connectivity index (χ3v) is 3.42.